The van der Waals surface area contributed by atoms with Crippen LogP contribution in [0.15, 0.2) is 24.3 Å². The number of nitrogens with one attached hydrogen (secondary N) is 1. The molecule has 1 rings (SSSR count). The fraction of sp³-hybridized carbons (Fsp3) is 0.455. The van der Waals surface area contributed by atoms with Crippen molar-refractivity contribution in [3.05, 3.63) is 29.8 Å². The second-order valence-electron chi connectivity index (χ2n) is 3.28. The highest BCUT2D eigenvalue weighted by atomic mass is 19.4. The van der Waals surface area contributed by atoms with Crippen LogP contribution in [0.2, 0.25) is 0 Å². The number of alkyl halides is 3. The molecule has 0 aliphatic heterocycles. The Morgan fingerprint density at radius 1 is 1.18 bits per heavy atom. The van der Waals surface area contributed by atoms with Gasteiger partial charge in [0.05, 0.1) is 6.61 Å². The Morgan fingerprint density at radius 2 is 1.88 bits per heavy atom. The maximum atomic E-state index is 11.7. The number of hydrogen-bond acceptors (Lipinski definition) is 3. The predicted molar refractivity (Wildman–Crippen MR) is 56.7 cm³/mol. The first-order chi connectivity index (χ1) is 8.03. The third-order valence-corrected chi connectivity index (χ3v) is 1.95. The first kappa shape index (κ1) is 13.8. The van der Waals surface area contributed by atoms with Crippen molar-refractivity contribution >= 4 is 0 Å². The molecule has 0 saturated heterocycles. The fourth-order valence-corrected chi connectivity index (χ4v) is 1.29. The summed E-state index contributed by atoms with van der Waals surface area (Å²) in [4.78, 5) is 0. The summed E-state index contributed by atoms with van der Waals surface area (Å²) in [6, 6.07) is 7.15. The molecule has 0 fully saturated rings. The molecule has 0 atom stereocenters. The number of rotatable bonds is 6. The molecule has 0 aliphatic carbocycles. The van der Waals surface area contributed by atoms with Crippen LogP contribution >= 0.6 is 0 Å². The Labute approximate surface area is 97.5 Å². The second kappa shape index (κ2) is 6.46. The van der Waals surface area contributed by atoms with E-state index in [-0.39, 0.29) is 6.61 Å². The van der Waals surface area contributed by atoms with Gasteiger partial charge in [-0.1, -0.05) is 18.2 Å². The van der Waals surface area contributed by atoms with Crippen molar-refractivity contribution in [1.29, 1.82) is 0 Å². The van der Waals surface area contributed by atoms with Crippen LogP contribution < -0.4 is 10.1 Å². The molecule has 0 saturated carbocycles. The van der Waals surface area contributed by atoms with Gasteiger partial charge >= 0.3 is 6.36 Å². The molecule has 0 unspecified atom stereocenters. The van der Waals surface area contributed by atoms with E-state index in [1.54, 1.807) is 19.2 Å². The van der Waals surface area contributed by atoms with Gasteiger partial charge in [0.2, 0.25) is 0 Å². The van der Waals surface area contributed by atoms with Crippen molar-refractivity contribution in [2.24, 2.45) is 0 Å². The molecule has 3 nitrogen and oxygen atoms in total. The van der Waals surface area contributed by atoms with Crippen molar-refractivity contribution in [3.8, 4) is 5.75 Å². The summed E-state index contributed by atoms with van der Waals surface area (Å²) >= 11 is 0. The molecule has 0 amide bonds. The van der Waals surface area contributed by atoms with E-state index in [2.05, 4.69) is 10.1 Å². The van der Waals surface area contributed by atoms with Gasteiger partial charge in [-0.2, -0.15) is 0 Å². The minimum absolute atomic E-state index is 0.139. The van der Waals surface area contributed by atoms with Gasteiger partial charge in [0.15, 0.2) is 0 Å². The highest BCUT2D eigenvalue weighted by Crippen LogP contribution is 2.19. The Bertz CT molecular complexity index is 342. The molecule has 17 heavy (non-hydrogen) atoms. The van der Waals surface area contributed by atoms with Gasteiger partial charge in [0.25, 0.3) is 0 Å². The zero-order valence-electron chi connectivity index (χ0n) is 9.38. The zero-order valence-corrected chi connectivity index (χ0v) is 9.38. The van der Waals surface area contributed by atoms with Crippen molar-refractivity contribution in [2.45, 2.75) is 12.9 Å². The standard InChI is InChI=1S/C11H14F3NO2/c1-15-8-9-4-2-3-5-10(9)16-6-7-17-11(12,13)14/h2-5,15H,6-8H2,1H3. The molecule has 6 heteroatoms. The second-order valence-corrected chi connectivity index (χ2v) is 3.28. The van der Waals surface area contributed by atoms with Gasteiger partial charge in [0, 0.05) is 12.1 Å². The first-order valence-electron chi connectivity index (χ1n) is 5.09. The molecule has 0 radical (unpaired) electrons. The third kappa shape index (κ3) is 5.55. The van der Waals surface area contributed by atoms with Gasteiger partial charge in [-0.15, -0.1) is 13.2 Å². The SMILES string of the molecule is CNCc1ccccc1OCCOC(F)(F)F. The van der Waals surface area contributed by atoms with Gasteiger partial charge in [-0.05, 0) is 13.1 Å². The number of benzene rings is 1. The normalized spacial score (nSPS) is 11.5. The Morgan fingerprint density at radius 3 is 2.53 bits per heavy atom. The average Bonchev–Trinajstić information content (AvgIpc) is 2.25. The molecule has 96 valence electrons. The van der Waals surface area contributed by atoms with E-state index >= 15 is 0 Å². The largest absolute Gasteiger partial charge is 0.522 e. The molecule has 0 aliphatic rings. The van der Waals surface area contributed by atoms with Gasteiger partial charge in [-0.3, -0.25) is 4.74 Å². The lowest BCUT2D eigenvalue weighted by Gasteiger charge is -2.12. The van der Waals surface area contributed by atoms with Crippen LogP contribution in [-0.4, -0.2) is 26.6 Å². The maximum absolute atomic E-state index is 11.7. The van der Waals surface area contributed by atoms with Gasteiger partial charge < -0.3 is 10.1 Å². The van der Waals surface area contributed by atoms with Crippen molar-refractivity contribution in [1.82, 2.24) is 5.32 Å². The number of halogens is 3. The van der Waals surface area contributed by atoms with Gasteiger partial charge in [-0.25, -0.2) is 0 Å². The van der Waals surface area contributed by atoms with E-state index in [0.717, 1.165) is 5.56 Å². The number of para-hydroxylation sites is 1. The van der Waals surface area contributed by atoms with E-state index in [1.165, 1.54) is 0 Å². The van der Waals surface area contributed by atoms with Gasteiger partial charge in [0.1, 0.15) is 12.4 Å². The summed E-state index contributed by atoms with van der Waals surface area (Å²) in [5.74, 6) is 0.563. The van der Waals surface area contributed by atoms with Crippen molar-refractivity contribution in [3.63, 3.8) is 0 Å². The van der Waals surface area contributed by atoms with E-state index in [9.17, 15) is 13.2 Å². The predicted octanol–water partition coefficient (Wildman–Crippen LogP) is 2.32. The lowest BCUT2D eigenvalue weighted by atomic mass is 10.2. The first-order valence-corrected chi connectivity index (χ1v) is 5.09. The highest BCUT2D eigenvalue weighted by Gasteiger charge is 2.28. The summed E-state index contributed by atoms with van der Waals surface area (Å²) in [7, 11) is 1.78. The van der Waals surface area contributed by atoms with E-state index in [4.69, 9.17) is 4.74 Å². The number of ether oxygens (including phenoxy) is 2. The Balaban J connectivity index is 2.41. The number of hydrogen-bond donors (Lipinski definition) is 1. The third-order valence-electron chi connectivity index (χ3n) is 1.95. The van der Waals surface area contributed by atoms with Crippen LogP contribution in [0.4, 0.5) is 13.2 Å². The Hall–Kier alpha value is -1.27. The fourth-order valence-electron chi connectivity index (χ4n) is 1.29. The minimum Gasteiger partial charge on any atom is -0.491 e. The van der Waals surface area contributed by atoms with Crippen LogP contribution in [0.1, 0.15) is 5.56 Å². The highest BCUT2D eigenvalue weighted by molar-refractivity contribution is 5.33. The smallest absolute Gasteiger partial charge is 0.491 e. The van der Waals surface area contributed by atoms with Crippen LogP contribution in [0.3, 0.4) is 0 Å². The maximum Gasteiger partial charge on any atom is 0.522 e. The average molecular weight is 249 g/mol. The van der Waals surface area contributed by atoms with E-state index < -0.39 is 13.0 Å². The van der Waals surface area contributed by atoms with Crippen molar-refractivity contribution in [2.75, 3.05) is 20.3 Å². The summed E-state index contributed by atoms with van der Waals surface area (Å²) in [5.41, 5.74) is 0.891. The van der Waals surface area contributed by atoms with E-state index in [0.29, 0.717) is 12.3 Å². The molecule has 0 heterocycles. The summed E-state index contributed by atoms with van der Waals surface area (Å²) in [5, 5.41) is 2.95. The van der Waals surface area contributed by atoms with Crippen molar-refractivity contribution < 1.29 is 22.6 Å². The molecule has 1 aromatic rings. The molecule has 0 aromatic heterocycles. The molecule has 1 N–H and O–H groups in total. The molecular formula is C11H14F3NO2. The molecule has 1 aromatic carbocycles. The summed E-state index contributed by atoms with van der Waals surface area (Å²) < 4.78 is 43.9. The summed E-state index contributed by atoms with van der Waals surface area (Å²) in [6.45, 7) is -0.0616. The lowest BCUT2D eigenvalue weighted by molar-refractivity contribution is -0.325. The molecular weight excluding hydrogens is 235 g/mol. The zero-order chi connectivity index (χ0) is 12.7. The summed E-state index contributed by atoms with van der Waals surface area (Å²) in [6.07, 6.45) is -4.60. The van der Waals surface area contributed by atoms with Crippen LogP contribution in [-0.2, 0) is 11.3 Å². The minimum atomic E-state index is -4.60. The van der Waals surface area contributed by atoms with Crippen LogP contribution in [0, 0.1) is 0 Å². The quantitative estimate of drug-likeness (QED) is 0.785. The topological polar surface area (TPSA) is 30.5 Å². The molecule has 0 spiro atoms. The monoisotopic (exact) mass is 249 g/mol. The van der Waals surface area contributed by atoms with E-state index in [1.807, 2.05) is 12.1 Å². The van der Waals surface area contributed by atoms with Crippen LogP contribution in [0.25, 0.3) is 0 Å². The molecule has 0 bridgehead atoms. The van der Waals surface area contributed by atoms with Crippen LogP contribution in [0.5, 0.6) is 5.75 Å². The lowest BCUT2D eigenvalue weighted by Crippen LogP contribution is -2.18. The Kier molecular flexibility index (Phi) is 5.24.